The lowest BCUT2D eigenvalue weighted by molar-refractivity contribution is 0.0297. The molecule has 0 bridgehead atoms. The van der Waals surface area contributed by atoms with Crippen LogP contribution >= 0.6 is 0 Å². The Morgan fingerprint density at radius 3 is 2.51 bits per heavy atom. The summed E-state index contributed by atoms with van der Waals surface area (Å²) >= 11 is 0. The Bertz CT molecular complexity index is 1110. The van der Waals surface area contributed by atoms with Crippen LogP contribution in [0.3, 0.4) is 0 Å². The molecule has 0 spiro atoms. The lowest BCUT2D eigenvalue weighted by atomic mass is 10.0. The van der Waals surface area contributed by atoms with E-state index in [1.54, 1.807) is 0 Å². The molecule has 0 radical (unpaired) electrons. The second-order valence-electron chi connectivity index (χ2n) is 9.98. The molecule has 2 atom stereocenters. The maximum Gasteiger partial charge on any atom is 0.274 e. The molecule has 4 aliphatic rings. The third-order valence-electron chi connectivity index (χ3n) is 7.96. The van der Waals surface area contributed by atoms with E-state index < -0.39 is 10.8 Å². The van der Waals surface area contributed by atoms with E-state index >= 15 is 0 Å². The lowest BCUT2D eigenvalue weighted by Gasteiger charge is -2.33. The molecule has 8 nitrogen and oxygen atoms in total. The van der Waals surface area contributed by atoms with Gasteiger partial charge in [-0.3, -0.25) is 13.7 Å². The van der Waals surface area contributed by atoms with E-state index in [2.05, 4.69) is 9.58 Å². The molecule has 0 N–H and O–H groups in total. The van der Waals surface area contributed by atoms with Crippen LogP contribution in [0.2, 0.25) is 0 Å². The number of benzene rings is 1. The number of hydrogen-bond donors (Lipinski definition) is 0. The van der Waals surface area contributed by atoms with Crippen LogP contribution in [0.25, 0.3) is 11.3 Å². The summed E-state index contributed by atoms with van der Waals surface area (Å²) in [6.45, 7) is 6.10. The molecule has 35 heavy (non-hydrogen) atoms. The molecule has 1 aromatic heterocycles. The molecule has 0 saturated carbocycles. The van der Waals surface area contributed by atoms with Gasteiger partial charge in [0.25, 0.3) is 5.91 Å². The zero-order chi connectivity index (χ0) is 23.8. The van der Waals surface area contributed by atoms with Gasteiger partial charge in [-0.05, 0) is 44.7 Å². The van der Waals surface area contributed by atoms with Gasteiger partial charge in [0.05, 0.1) is 41.5 Å². The summed E-state index contributed by atoms with van der Waals surface area (Å²) in [7, 11) is -1.18. The van der Waals surface area contributed by atoms with E-state index in [9.17, 15) is 9.00 Å². The van der Waals surface area contributed by atoms with Crippen LogP contribution < -0.4 is 0 Å². The normalized spacial score (nSPS) is 26.1. The Kier molecular flexibility index (Phi) is 6.75. The summed E-state index contributed by atoms with van der Waals surface area (Å²) in [4.78, 5) is 18.9. The first-order valence-corrected chi connectivity index (χ1v) is 14.3. The van der Waals surface area contributed by atoms with Crippen molar-refractivity contribution in [3.63, 3.8) is 0 Å². The smallest absolute Gasteiger partial charge is 0.274 e. The number of morpholine rings is 1. The van der Waals surface area contributed by atoms with Crippen LogP contribution in [0, 0.1) is 0 Å². The molecule has 3 fully saturated rings. The number of carbonyl (C=O) groups excluding carboxylic acids is 1. The number of ether oxygens (including phenoxy) is 2. The van der Waals surface area contributed by atoms with Crippen LogP contribution in [-0.2, 0) is 26.0 Å². The van der Waals surface area contributed by atoms with Crippen LogP contribution in [0.4, 0.5) is 0 Å². The van der Waals surface area contributed by atoms with E-state index in [-0.39, 0.29) is 11.9 Å². The molecule has 1 unspecified atom stereocenters. The van der Waals surface area contributed by atoms with Crippen molar-refractivity contribution in [3.05, 3.63) is 35.5 Å². The molecule has 6 rings (SSSR count). The van der Waals surface area contributed by atoms with Crippen molar-refractivity contribution >= 4 is 16.7 Å². The highest BCUT2D eigenvalue weighted by Crippen LogP contribution is 2.41. The van der Waals surface area contributed by atoms with Gasteiger partial charge in [0.15, 0.2) is 5.69 Å². The zero-order valence-electron chi connectivity index (χ0n) is 20.2. The molecule has 0 aliphatic carbocycles. The fraction of sp³-hybridized carbons (Fsp3) is 0.615. The van der Waals surface area contributed by atoms with Gasteiger partial charge in [0.1, 0.15) is 0 Å². The maximum absolute atomic E-state index is 13.6. The van der Waals surface area contributed by atoms with Crippen molar-refractivity contribution in [3.8, 4) is 11.3 Å². The third-order valence-corrected chi connectivity index (χ3v) is 9.36. The van der Waals surface area contributed by atoms with E-state index in [1.165, 1.54) is 0 Å². The molecular weight excluding hydrogens is 464 g/mol. The number of likely N-dealkylation sites (tertiary alicyclic amines) is 1. The van der Waals surface area contributed by atoms with Crippen LogP contribution in [0.1, 0.15) is 54.2 Å². The molecule has 9 heteroatoms. The topological polar surface area (TPSA) is 76.9 Å². The first-order chi connectivity index (χ1) is 17.2. The van der Waals surface area contributed by atoms with Crippen molar-refractivity contribution < 1.29 is 18.5 Å². The van der Waals surface area contributed by atoms with Gasteiger partial charge in [-0.15, -0.1) is 0 Å². The molecule has 1 amide bonds. The van der Waals surface area contributed by atoms with Gasteiger partial charge in [-0.2, -0.15) is 5.10 Å². The van der Waals surface area contributed by atoms with E-state index in [0.717, 1.165) is 80.1 Å². The van der Waals surface area contributed by atoms with E-state index in [0.29, 0.717) is 43.8 Å². The average Bonchev–Trinajstić information content (AvgIpc) is 3.11. The predicted molar refractivity (Wildman–Crippen MR) is 133 cm³/mol. The summed E-state index contributed by atoms with van der Waals surface area (Å²) in [5, 5.41) is 5.01. The van der Waals surface area contributed by atoms with Crippen LogP contribution in [0.15, 0.2) is 29.2 Å². The van der Waals surface area contributed by atoms with Crippen molar-refractivity contribution in [2.45, 2.75) is 54.8 Å². The zero-order valence-corrected chi connectivity index (χ0v) is 21.0. The Morgan fingerprint density at radius 2 is 1.69 bits per heavy atom. The highest BCUT2D eigenvalue weighted by Gasteiger charge is 2.36. The molecular formula is C26H34N4O4S. The molecule has 4 aliphatic heterocycles. The van der Waals surface area contributed by atoms with Gasteiger partial charge >= 0.3 is 0 Å². The third kappa shape index (κ3) is 4.48. The first kappa shape index (κ1) is 23.3. The van der Waals surface area contributed by atoms with E-state index in [4.69, 9.17) is 14.6 Å². The van der Waals surface area contributed by atoms with Gasteiger partial charge in [-0.25, -0.2) is 0 Å². The molecule has 188 valence electrons. The summed E-state index contributed by atoms with van der Waals surface area (Å²) in [6, 6.07) is 8.76. The van der Waals surface area contributed by atoms with Crippen molar-refractivity contribution in [2.24, 2.45) is 0 Å². The highest BCUT2D eigenvalue weighted by atomic mass is 32.2. The minimum Gasteiger partial charge on any atom is -0.381 e. The minimum absolute atomic E-state index is 0.0582. The Labute approximate surface area is 209 Å². The second kappa shape index (κ2) is 10.1. The van der Waals surface area contributed by atoms with Gasteiger partial charge < -0.3 is 19.3 Å². The van der Waals surface area contributed by atoms with Crippen molar-refractivity contribution in [1.82, 2.24) is 19.6 Å². The quantitative estimate of drug-likeness (QED) is 0.648. The second-order valence-corrected chi connectivity index (χ2v) is 11.4. The number of fused-ring (bicyclic) bond motifs is 3. The molecule has 1 aromatic carbocycles. The predicted octanol–water partition coefficient (Wildman–Crippen LogP) is 2.85. The fourth-order valence-electron chi connectivity index (χ4n) is 6.07. The number of aromatic nitrogens is 2. The summed E-state index contributed by atoms with van der Waals surface area (Å²) in [6.07, 6.45) is 5.36. The Balaban J connectivity index is 1.35. The largest absolute Gasteiger partial charge is 0.381 e. The number of amides is 1. The lowest BCUT2D eigenvalue weighted by Crippen LogP contribution is -2.41. The Hall–Kier alpha value is -2.07. The monoisotopic (exact) mass is 498 g/mol. The van der Waals surface area contributed by atoms with Gasteiger partial charge in [0.2, 0.25) is 0 Å². The van der Waals surface area contributed by atoms with Crippen molar-refractivity contribution in [2.75, 3.05) is 52.6 Å². The SMILES string of the molecule is O=C(c1nn([C@@H]2CCCN(C3CCOCC3)CC2)c2c1CS(=O)c1ccccc1-2)N1CCOCC1. The van der Waals surface area contributed by atoms with Crippen molar-refractivity contribution in [1.29, 1.82) is 0 Å². The van der Waals surface area contributed by atoms with Gasteiger partial charge in [0, 0.05) is 54.9 Å². The minimum atomic E-state index is -1.18. The molecule has 2 aromatic rings. The molecule has 3 saturated heterocycles. The summed E-state index contributed by atoms with van der Waals surface area (Å²) in [5.74, 6) is 0.288. The van der Waals surface area contributed by atoms with Crippen LogP contribution in [-0.4, -0.2) is 88.3 Å². The number of nitrogens with zero attached hydrogens (tertiary/aromatic N) is 4. The summed E-state index contributed by atoms with van der Waals surface area (Å²) in [5.41, 5.74) is 3.30. The molecule has 5 heterocycles. The van der Waals surface area contributed by atoms with E-state index in [1.807, 2.05) is 29.2 Å². The Morgan fingerprint density at radius 1 is 0.914 bits per heavy atom. The average molecular weight is 499 g/mol. The van der Waals surface area contributed by atoms with Gasteiger partial charge in [-0.1, -0.05) is 18.2 Å². The maximum atomic E-state index is 13.6. The number of hydrogen-bond acceptors (Lipinski definition) is 6. The first-order valence-electron chi connectivity index (χ1n) is 13.0. The standard InChI is InChI=1S/C26H34N4O4S/c31-26(29-12-16-34-17-13-29)24-22-18-35(32)23-6-2-1-5-21(23)25(22)30(27-24)20-4-3-10-28(11-7-20)19-8-14-33-15-9-19/h1-2,5-6,19-20H,3-4,7-18H2/t20-,35?/m1/s1. The number of carbonyl (C=O) groups is 1. The summed E-state index contributed by atoms with van der Waals surface area (Å²) < 4.78 is 26.3. The fourth-order valence-corrected chi connectivity index (χ4v) is 7.41. The van der Waals surface area contributed by atoms with Crippen LogP contribution in [0.5, 0.6) is 0 Å². The highest BCUT2D eigenvalue weighted by molar-refractivity contribution is 7.84. The number of rotatable bonds is 3.